The van der Waals surface area contributed by atoms with Gasteiger partial charge in [-0.1, -0.05) is 37.1 Å². The van der Waals surface area contributed by atoms with Gasteiger partial charge in [0.2, 0.25) is 0 Å². The standard InChI is InChI=1S/C16H24N2/c1-18(13-7-3-4-8-13)15-11-10-12-6-2-5-9-14(12)16(15)17/h2,5-6,9,13,15-16H,3-4,7-8,10-11,17H2,1H3. The molecule has 0 aliphatic heterocycles. The SMILES string of the molecule is CN(C1CCCC1)C1CCc2ccccc2C1N. The molecule has 0 radical (unpaired) electrons. The molecule has 1 saturated carbocycles. The second-order valence-electron chi connectivity index (χ2n) is 5.93. The molecule has 2 aliphatic rings. The van der Waals surface area contributed by atoms with Crippen molar-refractivity contribution in [2.24, 2.45) is 5.73 Å². The van der Waals surface area contributed by atoms with Crippen molar-refractivity contribution in [3.63, 3.8) is 0 Å². The summed E-state index contributed by atoms with van der Waals surface area (Å²) in [5, 5.41) is 0. The molecule has 2 atom stereocenters. The van der Waals surface area contributed by atoms with Crippen LogP contribution in [0.3, 0.4) is 0 Å². The third-order valence-corrected chi connectivity index (χ3v) is 4.96. The average molecular weight is 244 g/mol. The third kappa shape index (κ3) is 2.08. The minimum atomic E-state index is 0.195. The van der Waals surface area contributed by atoms with Crippen LogP contribution in [0.5, 0.6) is 0 Å². The summed E-state index contributed by atoms with van der Waals surface area (Å²) < 4.78 is 0. The molecule has 0 bridgehead atoms. The lowest BCUT2D eigenvalue weighted by Gasteiger charge is -2.40. The Hall–Kier alpha value is -0.860. The number of nitrogens with zero attached hydrogens (tertiary/aromatic N) is 1. The highest BCUT2D eigenvalue weighted by atomic mass is 15.2. The van der Waals surface area contributed by atoms with Gasteiger partial charge in [-0.15, -0.1) is 0 Å². The van der Waals surface area contributed by atoms with Gasteiger partial charge in [-0.05, 0) is 43.9 Å². The van der Waals surface area contributed by atoms with Crippen molar-refractivity contribution in [3.8, 4) is 0 Å². The van der Waals surface area contributed by atoms with E-state index in [2.05, 4.69) is 36.2 Å². The van der Waals surface area contributed by atoms with Crippen LogP contribution >= 0.6 is 0 Å². The van der Waals surface area contributed by atoms with Gasteiger partial charge in [0, 0.05) is 18.1 Å². The molecular weight excluding hydrogens is 220 g/mol. The fourth-order valence-electron chi connectivity index (χ4n) is 3.82. The van der Waals surface area contributed by atoms with Crippen LogP contribution in [-0.2, 0) is 6.42 Å². The number of likely N-dealkylation sites (N-methyl/N-ethyl adjacent to an activating group) is 1. The molecule has 98 valence electrons. The molecule has 2 N–H and O–H groups in total. The molecule has 18 heavy (non-hydrogen) atoms. The Morgan fingerprint density at radius 1 is 1.11 bits per heavy atom. The van der Waals surface area contributed by atoms with Gasteiger partial charge in [0.1, 0.15) is 0 Å². The molecular formula is C16H24N2. The van der Waals surface area contributed by atoms with E-state index in [0.29, 0.717) is 6.04 Å². The fourth-order valence-corrected chi connectivity index (χ4v) is 3.82. The highest BCUT2D eigenvalue weighted by Crippen LogP contribution is 2.34. The maximum absolute atomic E-state index is 6.52. The lowest BCUT2D eigenvalue weighted by Crippen LogP contribution is -2.47. The monoisotopic (exact) mass is 244 g/mol. The summed E-state index contributed by atoms with van der Waals surface area (Å²) in [5.74, 6) is 0. The zero-order valence-electron chi connectivity index (χ0n) is 11.3. The van der Waals surface area contributed by atoms with Gasteiger partial charge in [0.05, 0.1) is 0 Å². The minimum absolute atomic E-state index is 0.195. The third-order valence-electron chi connectivity index (χ3n) is 4.96. The molecule has 0 spiro atoms. The number of benzene rings is 1. The van der Waals surface area contributed by atoms with E-state index in [4.69, 9.17) is 5.73 Å². The first-order valence-electron chi connectivity index (χ1n) is 7.32. The van der Waals surface area contributed by atoms with Crippen molar-refractivity contribution in [2.75, 3.05) is 7.05 Å². The van der Waals surface area contributed by atoms with Gasteiger partial charge in [0.25, 0.3) is 0 Å². The number of nitrogens with two attached hydrogens (primary N) is 1. The predicted octanol–water partition coefficient (Wildman–Crippen LogP) is 2.88. The quantitative estimate of drug-likeness (QED) is 0.867. The van der Waals surface area contributed by atoms with Crippen LogP contribution in [0.1, 0.15) is 49.3 Å². The molecule has 3 rings (SSSR count). The van der Waals surface area contributed by atoms with Gasteiger partial charge in [-0.3, -0.25) is 4.90 Å². The molecule has 1 aromatic rings. The second kappa shape index (κ2) is 5.02. The zero-order chi connectivity index (χ0) is 12.5. The maximum Gasteiger partial charge on any atom is 0.0455 e. The largest absolute Gasteiger partial charge is 0.323 e. The van der Waals surface area contributed by atoms with Crippen LogP contribution in [0.2, 0.25) is 0 Å². The van der Waals surface area contributed by atoms with E-state index in [-0.39, 0.29) is 6.04 Å². The summed E-state index contributed by atoms with van der Waals surface area (Å²) in [6.07, 6.45) is 7.92. The lowest BCUT2D eigenvalue weighted by atomic mass is 9.83. The molecule has 0 amide bonds. The Morgan fingerprint density at radius 2 is 1.83 bits per heavy atom. The summed E-state index contributed by atoms with van der Waals surface area (Å²) in [5.41, 5.74) is 9.35. The number of hydrogen-bond acceptors (Lipinski definition) is 2. The molecule has 1 aromatic carbocycles. The zero-order valence-corrected chi connectivity index (χ0v) is 11.3. The molecule has 2 heteroatoms. The fraction of sp³-hybridized carbons (Fsp3) is 0.625. The van der Waals surface area contributed by atoms with Crippen molar-refractivity contribution in [2.45, 2.75) is 56.7 Å². The maximum atomic E-state index is 6.52. The van der Waals surface area contributed by atoms with Gasteiger partial charge in [-0.2, -0.15) is 0 Å². The number of fused-ring (bicyclic) bond motifs is 1. The Morgan fingerprint density at radius 3 is 2.61 bits per heavy atom. The molecule has 2 unspecified atom stereocenters. The molecule has 0 saturated heterocycles. The highest BCUT2D eigenvalue weighted by Gasteiger charge is 2.33. The molecule has 0 heterocycles. The van der Waals surface area contributed by atoms with Crippen LogP contribution in [0, 0.1) is 0 Å². The van der Waals surface area contributed by atoms with E-state index in [0.717, 1.165) is 6.04 Å². The highest BCUT2D eigenvalue weighted by molar-refractivity contribution is 5.33. The van der Waals surface area contributed by atoms with Crippen molar-refractivity contribution in [1.29, 1.82) is 0 Å². The van der Waals surface area contributed by atoms with E-state index in [9.17, 15) is 0 Å². The van der Waals surface area contributed by atoms with E-state index in [1.807, 2.05) is 0 Å². The number of hydrogen-bond donors (Lipinski definition) is 1. The second-order valence-corrected chi connectivity index (χ2v) is 5.93. The predicted molar refractivity (Wildman–Crippen MR) is 75.5 cm³/mol. The first kappa shape index (κ1) is 12.2. The lowest BCUT2D eigenvalue weighted by molar-refractivity contribution is 0.138. The Balaban J connectivity index is 1.79. The smallest absolute Gasteiger partial charge is 0.0455 e. The van der Waals surface area contributed by atoms with Crippen LogP contribution in [-0.4, -0.2) is 24.0 Å². The van der Waals surface area contributed by atoms with Crippen LogP contribution in [0.4, 0.5) is 0 Å². The summed E-state index contributed by atoms with van der Waals surface area (Å²) in [7, 11) is 2.29. The van der Waals surface area contributed by atoms with Gasteiger partial charge in [0.15, 0.2) is 0 Å². The molecule has 1 fully saturated rings. The molecule has 2 aliphatic carbocycles. The summed E-state index contributed by atoms with van der Waals surface area (Å²) in [6, 6.07) is 10.2. The van der Waals surface area contributed by atoms with E-state index in [1.54, 1.807) is 0 Å². The van der Waals surface area contributed by atoms with E-state index >= 15 is 0 Å². The number of aryl methyl sites for hydroxylation is 1. The van der Waals surface area contributed by atoms with E-state index < -0.39 is 0 Å². The Bertz CT molecular complexity index is 409. The number of rotatable bonds is 2. The van der Waals surface area contributed by atoms with Crippen LogP contribution in [0.15, 0.2) is 24.3 Å². The van der Waals surface area contributed by atoms with Gasteiger partial charge in [-0.25, -0.2) is 0 Å². The summed E-state index contributed by atoms with van der Waals surface area (Å²) in [4.78, 5) is 2.58. The van der Waals surface area contributed by atoms with E-state index in [1.165, 1.54) is 49.7 Å². The van der Waals surface area contributed by atoms with Crippen molar-refractivity contribution in [3.05, 3.63) is 35.4 Å². The normalized spacial score (nSPS) is 28.6. The van der Waals surface area contributed by atoms with Crippen LogP contribution in [0.25, 0.3) is 0 Å². The van der Waals surface area contributed by atoms with Crippen molar-refractivity contribution in [1.82, 2.24) is 4.90 Å². The molecule has 2 nitrogen and oxygen atoms in total. The topological polar surface area (TPSA) is 29.3 Å². The minimum Gasteiger partial charge on any atom is -0.323 e. The molecule has 0 aromatic heterocycles. The average Bonchev–Trinajstić information content (AvgIpc) is 2.93. The Kier molecular flexibility index (Phi) is 3.40. The summed E-state index contributed by atoms with van der Waals surface area (Å²) in [6.45, 7) is 0. The summed E-state index contributed by atoms with van der Waals surface area (Å²) >= 11 is 0. The first-order chi connectivity index (χ1) is 8.77. The van der Waals surface area contributed by atoms with Crippen molar-refractivity contribution >= 4 is 0 Å². The van der Waals surface area contributed by atoms with Gasteiger partial charge >= 0.3 is 0 Å². The van der Waals surface area contributed by atoms with Crippen LogP contribution < -0.4 is 5.73 Å². The Labute approximate surface area is 110 Å². The first-order valence-corrected chi connectivity index (χ1v) is 7.32. The van der Waals surface area contributed by atoms with Gasteiger partial charge < -0.3 is 5.73 Å². The van der Waals surface area contributed by atoms with Crippen molar-refractivity contribution < 1.29 is 0 Å².